The van der Waals surface area contributed by atoms with Crippen molar-refractivity contribution in [1.29, 1.82) is 0 Å². The minimum Gasteiger partial charge on any atom is -0.507 e. The van der Waals surface area contributed by atoms with E-state index in [0.29, 0.717) is 17.1 Å². The Hall–Kier alpha value is -4.98. The Balaban J connectivity index is 1.52. The molecule has 0 atom stereocenters. The van der Waals surface area contributed by atoms with Crippen molar-refractivity contribution in [3.8, 4) is 28.4 Å². The zero-order valence-corrected chi connectivity index (χ0v) is 20.0. The van der Waals surface area contributed by atoms with Gasteiger partial charge in [0.15, 0.2) is 0 Å². The van der Waals surface area contributed by atoms with Crippen molar-refractivity contribution < 1.29 is 29.6 Å². The van der Waals surface area contributed by atoms with Gasteiger partial charge in [0.2, 0.25) is 0 Å². The van der Waals surface area contributed by atoms with Crippen molar-refractivity contribution >= 4 is 17.6 Å². The number of ether oxygens (including phenoxy) is 1. The molecule has 0 aliphatic carbocycles. The minimum absolute atomic E-state index is 0.116. The van der Waals surface area contributed by atoms with Crippen molar-refractivity contribution in [2.45, 2.75) is 19.3 Å². The molecule has 3 N–H and O–H groups in total. The maximum absolute atomic E-state index is 11.5. The summed E-state index contributed by atoms with van der Waals surface area (Å²) in [4.78, 5) is 33.7. The number of carboxylic acids is 2. The van der Waals surface area contributed by atoms with E-state index < -0.39 is 17.4 Å². The molecule has 0 unspecified atom stereocenters. The third-order valence-electron chi connectivity index (χ3n) is 6.27. The molecule has 37 heavy (non-hydrogen) atoms. The van der Waals surface area contributed by atoms with E-state index in [2.05, 4.69) is 5.18 Å². The van der Waals surface area contributed by atoms with Crippen molar-refractivity contribution in [1.82, 2.24) is 0 Å². The van der Waals surface area contributed by atoms with Crippen LogP contribution >= 0.6 is 0 Å². The first-order valence-corrected chi connectivity index (χ1v) is 11.3. The summed E-state index contributed by atoms with van der Waals surface area (Å²) in [6, 6.07) is 23.5. The van der Waals surface area contributed by atoms with E-state index in [9.17, 15) is 29.8 Å². The average molecular weight is 498 g/mol. The predicted molar refractivity (Wildman–Crippen MR) is 138 cm³/mol. The molecule has 186 valence electrons. The maximum Gasteiger partial charge on any atom is 0.339 e. The van der Waals surface area contributed by atoms with Gasteiger partial charge in [-0.2, -0.15) is 0 Å². The molecule has 0 amide bonds. The van der Waals surface area contributed by atoms with Gasteiger partial charge in [-0.25, -0.2) is 9.59 Å². The molecule has 0 bridgehead atoms. The summed E-state index contributed by atoms with van der Waals surface area (Å²) in [6.45, 7) is 3.91. The molecular weight excluding hydrogens is 474 g/mol. The van der Waals surface area contributed by atoms with Crippen LogP contribution in [0.25, 0.3) is 11.1 Å². The van der Waals surface area contributed by atoms with Gasteiger partial charge in [0.25, 0.3) is 0 Å². The Morgan fingerprint density at radius 2 is 1.24 bits per heavy atom. The molecule has 4 aromatic rings. The first-order chi connectivity index (χ1) is 17.6. The lowest BCUT2D eigenvalue weighted by atomic mass is 9.77. The molecule has 0 aliphatic heterocycles. The number of benzene rings is 4. The summed E-state index contributed by atoms with van der Waals surface area (Å²) in [5.74, 6) is -1.54. The molecule has 0 aromatic heterocycles. The van der Waals surface area contributed by atoms with Crippen LogP contribution in [0, 0.1) is 4.91 Å². The van der Waals surface area contributed by atoms with E-state index >= 15 is 0 Å². The number of phenols is 1. The Morgan fingerprint density at radius 3 is 1.81 bits per heavy atom. The number of rotatable bonds is 8. The largest absolute Gasteiger partial charge is 0.507 e. The highest BCUT2D eigenvalue weighted by Gasteiger charge is 2.25. The van der Waals surface area contributed by atoms with Crippen LogP contribution in [0.1, 0.15) is 45.7 Å². The van der Waals surface area contributed by atoms with Gasteiger partial charge in [-0.15, -0.1) is 4.91 Å². The average Bonchev–Trinajstić information content (AvgIpc) is 2.89. The smallest absolute Gasteiger partial charge is 0.339 e. The highest BCUT2D eigenvalue weighted by atomic mass is 16.5. The first kappa shape index (κ1) is 25.1. The SMILES string of the molecule is CC(C)(c1ccc(Oc2ccc(-c3ccc(O)c(C(=O)O)c3)cc2)cc1)c1ccc(N=O)c(C(=O)O)c1. The molecule has 8 heteroatoms. The summed E-state index contributed by atoms with van der Waals surface area (Å²) >= 11 is 0. The summed E-state index contributed by atoms with van der Waals surface area (Å²) in [5.41, 5.74) is 2.08. The fourth-order valence-corrected chi connectivity index (χ4v) is 4.02. The molecule has 8 nitrogen and oxygen atoms in total. The van der Waals surface area contributed by atoms with Crippen LogP contribution in [-0.4, -0.2) is 27.3 Å². The van der Waals surface area contributed by atoms with E-state index in [1.54, 1.807) is 36.4 Å². The summed E-state index contributed by atoms with van der Waals surface area (Å²) in [5, 5.41) is 31.1. The second-order valence-electron chi connectivity index (χ2n) is 8.94. The highest BCUT2D eigenvalue weighted by molar-refractivity contribution is 5.94. The molecule has 0 radical (unpaired) electrons. The van der Waals surface area contributed by atoms with Gasteiger partial charge < -0.3 is 20.1 Å². The van der Waals surface area contributed by atoms with E-state index in [-0.39, 0.29) is 22.6 Å². The lowest BCUT2D eigenvalue weighted by molar-refractivity contribution is 0.0684. The van der Waals surface area contributed by atoms with Crippen LogP contribution in [0.3, 0.4) is 0 Å². The number of aromatic hydroxyl groups is 1. The zero-order valence-electron chi connectivity index (χ0n) is 20.0. The van der Waals surface area contributed by atoms with E-state index in [1.807, 2.05) is 38.1 Å². The number of carboxylic acid groups (broad SMARTS) is 2. The standard InChI is InChI=1S/C29H23NO7/c1-29(2,20-8-13-25(30-36)23(16-20)27(32)33)19-6-11-22(12-7-19)37-21-9-3-17(4-10-21)18-5-14-26(31)24(15-18)28(34)35/h3-16,31H,1-2H3,(H,32,33)(H,34,35). The molecule has 0 fully saturated rings. The van der Waals surface area contributed by atoms with Crippen LogP contribution < -0.4 is 4.74 Å². The lowest BCUT2D eigenvalue weighted by Crippen LogP contribution is -2.19. The number of nitroso groups, excluding NO2 is 1. The van der Waals surface area contributed by atoms with Crippen LogP contribution in [0.15, 0.2) is 90.1 Å². The van der Waals surface area contributed by atoms with Crippen LogP contribution in [0.5, 0.6) is 17.2 Å². The van der Waals surface area contributed by atoms with Gasteiger partial charge >= 0.3 is 11.9 Å². The zero-order chi connectivity index (χ0) is 26.7. The third-order valence-corrected chi connectivity index (χ3v) is 6.27. The number of aromatic carboxylic acids is 2. The topological polar surface area (TPSA) is 133 Å². The number of nitrogens with zero attached hydrogens (tertiary/aromatic N) is 1. The lowest BCUT2D eigenvalue weighted by Gasteiger charge is -2.26. The van der Waals surface area contributed by atoms with Gasteiger partial charge in [0.05, 0.1) is 5.56 Å². The molecule has 0 spiro atoms. The second kappa shape index (κ2) is 9.94. The molecule has 4 rings (SSSR count). The van der Waals surface area contributed by atoms with Crippen molar-refractivity contribution in [2.24, 2.45) is 5.18 Å². The summed E-state index contributed by atoms with van der Waals surface area (Å²) in [6.07, 6.45) is 0. The number of carbonyl (C=O) groups is 2. The Morgan fingerprint density at radius 1 is 0.703 bits per heavy atom. The summed E-state index contributed by atoms with van der Waals surface area (Å²) < 4.78 is 5.95. The van der Waals surface area contributed by atoms with Gasteiger partial charge in [0.1, 0.15) is 28.5 Å². The highest BCUT2D eigenvalue weighted by Crippen LogP contribution is 2.36. The Kier molecular flexibility index (Phi) is 6.75. The van der Waals surface area contributed by atoms with Crippen LogP contribution in [0.2, 0.25) is 0 Å². The van der Waals surface area contributed by atoms with Gasteiger partial charge in [-0.05, 0) is 76.0 Å². The quantitative estimate of drug-likeness (QED) is 0.224. The second-order valence-corrected chi connectivity index (χ2v) is 8.94. The Bertz CT molecular complexity index is 1490. The number of hydrogen-bond acceptors (Lipinski definition) is 6. The molecule has 0 aliphatic rings. The predicted octanol–water partition coefficient (Wildman–Crippen LogP) is 6.97. The van der Waals surface area contributed by atoms with Crippen molar-refractivity contribution in [3.63, 3.8) is 0 Å². The molecule has 4 aromatic carbocycles. The summed E-state index contributed by atoms with van der Waals surface area (Å²) in [7, 11) is 0. The van der Waals surface area contributed by atoms with Gasteiger partial charge in [0, 0.05) is 5.41 Å². The Labute approximate surface area is 212 Å². The van der Waals surface area contributed by atoms with Crippen LogP contribution in [-0.2, 0) is 5.41 Å². The van der Waals surface area contributed by atoms with Crippen molar-refractivity contribution in [2.75, 3.05) is 0 Å². The molecule has 0 saturated heterocycles. The fourth-order valence-electron chi connectivity index (χ4n) is 4.02. The fraction of sp³-hybridized carbons (Fsp3) is 0.103. The van der Waals surface area contributed by atoms with E-state index in [0.717, 1.165) is 16.7 Å². The van der Waals surface area contributed by atoms with E-state index in [1.165, 1.54) is 24.3 Å². The normalized spacial score (nSPS) is 11.1. The van der Waals surface area contributed by atoms with Gasteiger partial charge in [-0.1, -0.05) is 50.2 Å². The molecule has 0 saturated carbocycles. The number of hydrogen-bond donors (Lipinski definition) is 3. The van der Waals surface area contributed by atoms with Crippen LogP contribution in [0.4, 0.5) is 5.69 Å². The molecule has 0 heterocycles. The van der Waals surface area contributed by atoms with Gasteiger partial charge in [-0.3, -0.25) is 0 Å². The van der Waals surface area contributed by atoms with E-state index in [4.69, 9.17) is 4.74 Å². The third kappa shape index (κ3) is 5.18. The monoisotopic (exact) mass is 497 g/mol. The maximum atomic E-state index is 11.5. The van der Waals surface area contributed by atoms with Crippen molar-refractivity contribution in [3.05, 3.63) is 112 Å². The molecular formula is C29H23NO7. The first-order valence-electron chi connectivity index (χ1n) is 11.3. The minimum atomic E-state index is -1.21.